The fourth-order valence-corrected chi connectivity index (χ4v) is 2.53. The van der Waals surface area contributed by atoms with Gasteiger partial charge in [0.2, 0.25) is 0 Å². The van der Waals surface area contributed by atoms with Gasteiger partial charge in [0.15, 0.2) is 0 Å². The van der Waals surface area contributed by atoms with Gasteiger partial charge in [-0.2, -0.15) is 5.10 Å². The van der Waals surface area contributed by atoms with Crippen LogP contribution in [0.3, 0.4) is 0 Å². The maximum absolute atomic E-state index is 6.42. The van der Waals surface area contributed by atoms with E-state index in [2.05, 4.69) is 48.0 Å². The number of aryl methyl sites for hydroxylation is 1. The molecule has 20 heavy (non-hydrogen) atoms. The first-order valence-electron chi connectivity index (χ1n) is 7.43. The van der Waals surface area contributed by atoms with Gasteiger partial charge in [0, 0.05) is 12.2 Å². The lowest BCUT2D eigenvalue weighted by molar-refractivity contribution is 0.472. The molecule has 0 amide bonds. The second kappa shape index (κ2) is 7.49. The van der Waals surface area contributed by atoms with E-state index in [4.69, 9.17) is 11.6 Å². The molecule has 0 aliphatic heterocycles. The summed E-state index contributed by atoms with van der Waals surface area (Å²) >= 11 is 6.42. The number of nitrogens with zero attached hydrogens (tertiary/aromatic N) is 2. The van der Waals surface area contributed by atoms with E-state index < -0.39 is 0 Å². The SMILES string of the molecule is CCC(C)n1ccc(CCCC(Cl)c2ccccc2)n1. The molecule has 108 valence electrons. The highest BCUT2D eigenvalue weighted by Crippen LogP contribution is 2.25. The predicted octanol–water partition coefficient (Wildman–Crippen LogP) is 5.16. The third-order valence-corrected chi connectivity index (χ3v) is 4.23. The zero-order valence-electron chi connectivity index (χ0n) is 12.3. The van der Waals surface area contributed by atoms with Crippen LogP contribution in [0.5, 0.6) is 0 Å². The molecule has 0 N–H and O–H groups in total. The summed E-state index contributed by atoms with van der Waals surface area (Å²) in [7, 11) is 0. The molecule has 2 rings (SSSR count). The summed E-state index contributed by atoms with van der Waals surface area (Å²) in [6.07, 6.45) is 6.25. The van der Waals surface area contributed by atoms with Gasteiger partial charge in [-0.15, -0.1) is 11.6 Å². The first-order valence-corrected chi connectivity index (χ1v) is 7.87. The lowest BCUT2D eigenvalue weighted by atomic mass is 10.1. The van der Waals surface area contributed by atoms with Crippen LogP contribution in [0, 0.1) is 0 Å². The average molecular weight is 291 g/mol. The molecule has 0 spiro atoms. The Labute approximate surface area is 126 Å². The van der Waals surface area contributed by atoms with E-state index in [1.54, 1.807) is 0 Å². The molecule has 1 heterocycles. The molecule has 2 atom stereocenters. The Bertz CT molecular complexity index is 507. The van der Waals surface area contributed by atoms with Crippen LogP contribution in [-0.2, 0) is 6.42 Å². The van der Waals surface area contributed by atoms with Crippen molar-refractivity contribution in [3.63, 3.8) is 0 Å². The van der Waals surface area contributed by atoms with Crippen molar-refractivity contribution in [3.8, 4) is 0 Å². The number of hydrogen-bond donors (Lipinski definition) is 0. The lowest BCUT2D eigenvalue weighted by Gasteiger charge is -2.09. The van der Waals surface area contributed by atoms with E-state index >= 15 is 0 Å². The minimum Gasteiger partial charge on any atom is -0.270 e. The number of aromatic nitrogens is 2. The van der Waals surface area contributed by atoms with Gasteiger partial charge in [0.25, 0.3) is 0 Å². The lowest BCUT2D eigenvalue weighted by Crippen LogP contribution is -2.04. The Kier molecular flexibility index (Phi) is 5.66. The highest BCUT2D eigenvalue weighted by Gasteiger charge is 2.08. The van der Waals surface area contributed by atoms with Crippen molar-refractivity contribution in [2.24, 2.45) is 0 Å². The van der Waals surface area contributed by atoms with Crippen LogP contribution in [0.15, 0.2) is 42.6 Å². The van der Waals surface area contributed by atoms with E-state index in [0.29, 0.717) is 6.04 Å². The summed E-state index contributed by atoms with van der Waals surface area (Å²) < 4.78 is 2.06. The summed E-state index contributed by atoms with van der Waals surface area (Å²) in [5.41, 5.74) is 2.38. The van der Waals surface area contributed by atoms with Crippen molar-refractivity contribution < 1.29 is 0 Å². The molecule has 1 aromatic heterocycles. The van der Waals surface area contributed by atoms with Gasteiger partial charge in [0.1, 0.15) is 0 Å². The molecule has 0 radical (unpaired) electrons. The highest BCUT2D eigenvalue weighted by molar-refractivity contribution is 6.20. The second-order valence-corrected chi connectivity index (χ2v) is 5.84. The molecule has 2 unspecified atom stereocenters. The topological polar surface area (TPSA) is 17.8 Å². The van der Waals surface area contributed by atoms with Gasteiger partial charge >= 0.3 is 0 Å². The van der Waals surface area contributed by atoms with E-state index in [1.165, 1.54) is 11.3 Å². The monoisotopic (exact) mass is 290 g/mol. The molecule has 0 bridgehead atoms. The van der Waals surface area contributed by atoms with Crippen LogP contribution >= 0.6 is 11.6 Å². The van der Waals surface area contributed by atoms with Gasteiger partial charge < -0.3 is 0 Å². The third kappa shape index (κ3) is 4.11. The van der Waals surface area contributed by atoms with Crippen LogP contribution < -0.4 is 0 Å². The normalized spacial score (nSPS) is 14.2. The Balaban J connectivity index is 1.80. The Morgan fingerprint density at radius 1 is 1.20 bits per heavy atom. The molecule has 2 aromatic rings. The molecule has 0 saturated carbocycles. The van der Waals surface area contributed by atoms with Crippen molar-refractivity contribution in [3.05, 3.63) is 53.9 Å². The quantitative estimate of drug-likeness (QED) is 0.644. The van der Waals surface area contributed by atoms with E-state index in [9.17, 15) is 0 Å². The van der Waals surface area contributed by atoms with Gasteiger partial charge in [-0.3, -0.25) is 4.68 Å². The number of halogens is 1. The second-order valence-electron chi connectivity index (χ2n) is 5.31. The first-order chi connectivity index (χ1) is 9.70. The molecule has 0 fully saturated rings. The standard InChI is InChI=1S/C17H23ClN2/c1-3-14(2)20-13-12-16(19-20)10-7-11-17(18)15-8-5-4-6-9-15/h4-6,8-9,12-14,17H,3,7,10-11H2,1-2H3. The zero-order valence-corrected chi connectivity index (χ0v) is 13.1. The number of rotatable bonds is 7. The van der Waals surface area contributed by atoms with E-state index in [-0.39, 0.29) is 5.38 Å². The Hall–Kier alpha value is -1.28. The maximum Gasteiger partial charge on any atom is 0.0624 e. The minimum atomic E-state index is 0.104. The summed E-state index contributed by atoms with van der Waals surface area (Å²) in [6, 6.07) is 12.9. The fourth-order valence-electron chi connectivity index (χ4n) is 2.23. The minimum absolute atomic E-state index is 0.104. The first kappa shape index (κ1) is 15.1. The molecule has 0 saturated heterocycles. The van der Waals surface area contributed by atoms with Crippen LogP contribution in [0.2, 0.25) is 0 Å². The van der Waals surface area contributed by atoms with Gasteiger partial charge in [-0.1, -0.05) is 37.3 Å². The molecular weight excluding hydrogens is 268 g/mol. The van der Waals surface area contributed by atoms with Crippen LogP contribution in [0.4, 0.5) is 0 Å². The average Bonchev–Trinajstić information content (AvgIpc) is 2.96. The van der Waals surface area contributed by atoms with Gasteiger partial charge in [-0.25, -0.2) is 0 Å². The molecular formula is C17H23ClN2. The van der Waals surface area contributed by atoms with Crippen LogP contribution in [0.1, 0.15) is 55.8 Å². The molecule has 1 aromatic carbocycles. The van der Waals surface area contributed by atoms with E-state index in [0.717, 1.165) is 25.7 Å². The molecule has 2 nitrogen and oxygen atoms in total. The van der Waals surface area contributed by atoms with Gasteiger partial charge in [0.05, 0.1) is 11.1 Å². The maximum atomic E-state index is 6.42. The van der Waals surface area contributed by atoms with Crippen molar-refractivity contribution in [1.29, 1.82) is 0 Å². The number of hydrogen-bond acceptors (Lipinski definition) is 1. The number of alkyl halides is 1. The summed E-state index contributed by atoms with van der Waals surface area (Å²) in [4.78, 5) is 0. The van der Waals surface area contributed by atoms with Gasteiger partial charge in [-0.05, 0) is 44.2 Å². The summed E-state index contributed by atoms with van der Waals surface area (Å²) in [5.74, 6) is 0. The number of benzene rings is 1. The van der Waals surface area contributed by atoms with E-state index in [1.807, 2.05) is 18.2 Å². The molecule has 0 aliphatic rings. The highest BCUT2D eigenvalue weighted by atomic mass is 35.5. The predicted molar refractivity (Wildman–Crippen MR) is 85.2 cm³/mol. The summed E-state index contributed by atoms with van der Waals surface area (Å²) in [5, 5.41) is 4.73. The van der Waals surface area contributed by atoms with Crippen molar-refractivity contribution in [1.82, 2.24) is 9.78 Å². The van der Waals surface area contributed by atoms with Crippen molar-refractivity contribution in [2.75, 3.05) is 0 Å². The summed E-state index contributed by atoms with van der Waals surface area (Å²) in [6.45, 7) is 4.38. The van der Waals surface area contributed by atoms with Crippen molar-refractivity contribution in [2.45, 2.75) is 50.9 Å². The molecule has 3 heteroatoms. The third-order valence-electron chi connectivity index (χ3n) is 3.76. The zero-order chi connectivity index (χ0) is 14.4. The fraction of sp³-hybridized carbons (Fsp3) is 0.471. The Morgan fingerprint density at radius 3 is 2.65 bits per heavy atom. The Morgan fingerprint density at radius 2 is 1.95 bits per heavy atom. The van der Waals surface area contributed by atoms with Crippen molar-refractivity contribution >= 4 is 11.6 Å². The van der Waals surface area contributed by atoms with Crippen LogP contribution in [0.25, 0.3) is 0 Å². The van der Waals surface area contributed by atoms with Crippen LogP contribution in [-0.4, -0.2) is 9.78 Å². The smallest absolute Gasteiger partial charge is 0.0624 e. The largest absolute Gasteiger partial charge is 0.270 e. The molecule has 0 aliphatic carbocycles.